The van der Waals surface area contributed by atoms with Gasteiger partial charge in [-0.3, -0.25) is 4.79 Å². The molecule has 0 N–H and O–H groups in total. The predicted molar refractivity (Wildman–Crippen MR) is 130 cm³/mol. The summed E-state index contributed by atoms with van der Waals surface area (Å²) in [4.78, 5) is 14.5. The van der Waals surface area contributed by atoms with Gasteiger partial charge in [-0.1, -0.05) is 72.8 Å². The number of methoxy groups -OCH3 is 1. The smallest absolute Gasteiger partial charge is 0.230 e. The Labute approximate surface area is 194 Å². The molecular weight excluding hydrogens is 410 g/mol. The van der Waals surface area contributed by atoms with Crippen LogP contribution in [0.2, 0.25) is 0 Å². The Balaban J connectivity index is 1.41. The third-order valence-corrected chi connectivity index (χ3v) is 6.02. The van der Waals surface area contributed by atoms with Crippen molar-refractivity contribution in [1.82, 2.24) is 0 Å². The second-order valence-electron chi connectivity index (χ2n) is 8.07. The molecule has 5 rings (SSSR count). The minimum Gasteiger partial charge on any atom is -0.497 e. The van der Waals surface area contributed by atoms with Gasteiger partial charge in [0.1, 0.15) is 18.1 Å². The summed E-state index contributed by atoms with van der Waals surface area (Å²) < 4.78 is 11.6. The lowest BCUT2D eigenvalue weighted by Crippen LogP contribution is -2.46. The third-order valence-electron chi connectivity index (χ3n) is 6.02. The van der Waals surface area contributed by atoms with Gasteiger partial charge in [0, 0.05) is 17.3 Å². The molecule has 1 aliphatic heterocycles. The minimum absolute atomic E-state index is 0.0724. The maximum atomic E-state index is 12.6. The normalized spacial score (nSPS) is 15.1. The van der Waals surface area contributed by atoms with E-state index in [1.807, 2.05) is 83.8 Å². The Morgan fingerprint density at radius 2 is 1.48 bits per heavy atom. The van der Waals surface area contributed by atoms with Crippen molar-refractivity contribution in [3.8, 4) is 22.6 Å². The lowest BCUT2D eigenvalue weighted by Gasteiger charge is -2.41. The average molecular weight is 436 g/mol. The van der Waals surface area contributed by atoms with E-state index in [0.717, 1.165) is 39.4 Å². The van der Waals surface area contributed by atoms with Gasteiger partial charge in [-0.05, 0) is 41.0 Å². The SMILES string of the molecule is COc1ccc(C2CC(=O)N2c2ccc(-c3ccccc3)cc2)c(OCc2ccccc2)c1. The molecular formula is C29H25NO3. The molecule has 1 fully saturated rings. The first-order valence-electron chi connectivity index (χ1n) is 11.0. The summed E-state index contributed by atoms with van der Waals surface area (Å²) in [5, 5.41) is 0. The zero-order valence-electron chi connectivity index (χ0n) is 18.5. The van der Waals surface area contributed by atoms with Gasteiger partial charge in [0.15, 0.2) is 0 Å². The Morgan fingerprint density at radius 1 is 0.818 bits per heavy atom. The fourth-order valence-electron chi connectivity index (χ4n) is 4.21. The number of ether oxygens (including phenoxy) is 2. The zero-order chi connectivity index (χ0) is 22.6. The average Bonchev–Trinajstić information content (AvgIpc) is 2.87. The maximum absolute atomic E-state index is 12.6. The van der Waals surface area contributed by atoms with Crippen molar-refractivity contribution in [2.24, 2.45) is 0 Å². The summed E-state index contributed by atoms with van der Waals surface area (Å²) in [6.07, 6.45) is 0.453. The van der Waals surface area contributed by atoms with E-state index < -0.39 is 0 Å². The Hall–Kier alpha value is -4.05. The molecule has 164 valence electrons. The Bertz CT molecular complexity index is 1240. The van der Waals surface area contributed by atoms with Gasteiger partial charge in [0.05, 0.1) is 19.6 Å². The summed E-state index contributed by atoms with van der Waals surface area (Å²) >= 11 is 0. The van der Waals surface area contributed by atoms with E-state index in [1.165, 1.54) is 0 Å². The topological polar surface area (TPSA) is 38.8 Å². The highest BCUT2D eigenvalue weighted by molar-refractivity contribution is 6.01. The molecule has 33 heavy (non-hydrogen) atoms. The molecule has 0 spiro atoms. The Kier molecular flexibility index (Phi) is 5.81. The van der Waals surface area contributed by atoms with Crippen molar-refractivity contribution in [2.75, 3.05) is 12.0 Å². The predicted octanol–water partition coefficient (Wildman–Crippen LogP) is 6.42. The number of β-lactam (4-membered cyclic amide) rings is 1. The van der Waals surface area contributed by atoms with Crippen molar-refractivity contribution in [1.29, 1.82) is 0 Å². The molecule has 4 nitrogen and oxygen atoms in total. The molecule has 1 unspecified atom stereocenters. The van der Waals surface area contributed by atoms with E-state index in [2.05, 4.69) is 24.3 Å². The van der Waals surface area contributed by atoms with Crippen molar-refractivity contribution in [2.45, 2.75) is 19.1 Å². The number of carbonyl (C=O) groups is 1. The van der Waals surface area contributed by atoms with Gasteiger partial charge in [0.2, 0.25) is 5.91 Å². The van der Waals surface area contributed by atoms with E-state index >= 15 is 0 Å². The third kappa shape index (κ3) is 4.33. The molecule has 4 aromatic carbocycles. The molecule has 0 saturated carbocycles. The molecule has 4 aromatic rings. The van der Waals surface area contributed by atoms with E-state index in [9.17, 15) is 4.79 Å². The van der Waals surface area contributed by atoms with Gasteiger partial charge < -0.3 is 14.4 Å². The Morgan fingerprint density at radius 3 is 2.15 bits per heavy atom. The standard InChI is InChI=1S/C29H25NO3/c1-32-25-16-17-26(28(18-25)33-20-21-8-4-2-5-9-21)27-19-29(31)30(27)24-14-12-23(13-15-24)22-10-6-3-7-11-22/h2-18,27H,19-20H2,1H3. The summed E-state index contributed by atoms with van der Waals surface area (Å²) in [5.41, 5.74) is 5.24. The van der Waals surface area contributed by atoms with Crippen LogP contribution in [0.3, 0.4) is 0 Å². The molecule has 0 aliphatic carbocycles. The summed E-state index contributed by atoms with van der Waals surface area (Å²) in [6, 6.07) is 34.2. The number of rotatable bonds is 7. The lowest BCUT2D eigenvalue weighted by atomic mass is 9.91. The lowest BCUT2D eigenvalue weighted by molar-refractivity contribution is -0.124. The van der Waals surface area contributed by atoms with E-state index in [0.29, 0.717) is 13.0 Å². The van der Waals surface area contributed by atoms with Gasteiger partial charge in [-0.25, -0.2) is 0 Å². The number of carbonyl (C=O) groups excluding carboxylic acids is 1. The largest absolute Gasteiger partial charge is 0.497 e. The molecule has 0 radical (unpaired) electrons. The van der Waals surface area contributed by atoms with Crippen molar-refractivity contribution in [3.05, 3.63) is 114 Å². The molecule has 1 saturated heterocycles. The van der Waals surface area contributed by atoms with E-state index in [4.69, 9.17) is 9.47 Å². The van der Waals surface area contributed by atoms with Crippen LogP contribution in [0.5, 0.6) is 11.5 Å². The summed E-state index contributed by atoms with van der Waals surface area (Å²) in [6.45, 7) is 0.452. The monoisotopic (exact) mass is 435 g/mol. The molecule has 4 heteroatoms. The number of hydrogen-bond acceptors (Lipinski definition) is 3. The van der Waals surface area contributed by atoms with Crippen molar-refractivity contribution in [3.63, 3.8) is 0 Å². The minimum atomic E-state index is -0.0724. The van der Waals surface area contributed by atoms with Gasteiger partial charge >= 0.3 is 0 Å². The van der Waals surface area contributed by atoms with Gasteiger partial charge in [-0.2, -0.15) is 0 Å². The van der Waals surface area contributed by atoms with Crippen LogP contribution in [-0.2, 0) is 11.4 Å². The summed E-state index contributed by atoms with van der Waals surface area (Å²) in [5.74, 6) is 1.57. The fraction of sp³-hybridized carbons (Fsp3) is 0.138. The number of benzene rings is 4. The van der Waals surface area contributed by atoms with Gasteiger partial charge in [0.25, 0.3) is 0 Å². The number of anilines is 1. The van der Waals surface area contributed by atoms with Crippen molar-refractivity contribution < 1.29 is 14.3 Å². The summed E-state index contributed by atoms with van der Waals surface area (Å²) in [7, 11) is 1.64. The van der Waals surface area contributed by atoms with E-state index in [1.54, 1.807) is 7.11 Å². The van der Waals surface area contributed by atoms with Crippen LogP contribution >= 0.6 is 0 Å². The first-order chi connectivity index (χ1) is 16.2. The molecule has 1 atom stereocenters. The highest BCUT2D eigenvalue weighted by atomic mass is 16.5. The molecule has 0 bridgehead atoms. The highest BCUT2D eigenvalue weighted by Crippen LogP contribution is 2.43. The van der Waals surface area contributed by atoms with Crippen LogP contribution in [0.25, 0.3) is 11.1 Å². The maximum Gasteiger partial charge on any atom is 0.230 e. The van der Waals surface area contributed by atoms with Gasteiger partial charge in [-0.15, -0.1) is 0 Å². The van der Waals surface area contributed by atoms with Crippen LogP contribution < -0.4 is 14.4 Å². The van der Waals surface area contributed by atoms with Crippen LogP contribution in [0.1, 0.15) is 23.6 Å². The highest BCUT2D eigenvalue weighted by Gasteiger charge is 2.40. The second-order valence-corrected chi connectivity index (χ2v) is 8.07. The van der Waals surface area contributed by atoms with Crippen LogP contribution in [0, 0.1) is 0 Å². The van der Waals surface area contributed by atoms with Crippen LogP contribution in [0.15, 0.2) is 103 Å². The second kappa shape index (κ2) is 9.21. The number of amides is 1. The first-order valence-corrected chi connectivity index (χ1v) is 11.0. The van der Waals surface area contributed by atoms with E-state index in [-0.39, 0.29) is 11.9 Å². The number of hydrogen-bond donors (Lipinski definition) is 0. The number of nitrogens with zero attached hydrogens (tertiary/aromatic N) is 1. The first kappa shape index (κ1) is 20.8. The van der Waals surface area contributed by atoms with Crippen LogP contribution in [-0.4, -0.2) is 13.0 Å². The molecule has 1 aliphatic rings. The van der Waals surface area contributed by atoms with Crippen molar-refractivity contribution >= 4 is 11.6 Å². The zero-order valence-corrected chi connectivity index (χ0v) is 18.5. The molecule has 0 aromatic heterocycles. The molecule has 1 heterocycles. The molecule has 1 amide bonds. The fourth-order valence-corrected chi connectivity index (χ4v) is 4.21. The van der Waals surface area contributed by atoms with Crippen LogP contribution in [0.4, 0.5) is 5.69 Å². The quantitative estimate of drug-likeness (QED) is 0.315.